The molecule has 0 saturated carbocycles. The number of rotatable bonds is 9. The molecule has 0 unspecified atom stereocenters. The summed E-state index contributed by atoms with van der Waals surface area (Å²) in [6, 6.07) is 18.7. The Morgan fingerprint density at radius 3 is 2.42 bits per heavy atom. The number of amides is 3. The Hall–Kier alpha value is -4.37. The van der Waals surface area contributed by atoms with Crippen molar-refractivity contribution in [3.05, 3.63) is 82.9 Å². The van der Waals surface area contributed by atoms with Crippen molar-refractivity contribution in [2.24, 2.45) is 5.10 Å². The van der Waals surface area contributed by atoms with Crippen LogP contribution in [0.2, 0.25) is 5.02 Å². The smallest absolute Gasteiger partial charge is 0.329 e. The van der Waals surface area contributed by atoms with E-state index in [1.807, 2.05) is 19.9 Å². The second-order valence-corrected chi connectivity index (χ2v) is 7.88. The molecule has 3 amide bonds. The Kier molecular flexibility index (Phi) is 9.41. The van der Waals surface area contributed by atoms with Gasteiger partial charge in [-0.3, -0.25) is 14.4 Å². The van der Waals surface area contributed by atoms with Gasteiger partial charge in [0.2, 0.25) is 0 Å². The maximum absolute atomic E-state index is 12.2. The van der Waals surface area contributed by atoms with Gasteiger partial charge < -0.3 is 20.1 Å². The number of aryl methyl sites for hydroxylation is 1. The van der Waals surface area contributed by atoms with Crippen molar-refractivity contribution in [2.45, 2.75) is 13.8 Å². The van der Waals surface area contributed by atoms with E-state index in [1.54, 1.807) is 60.7 Å². The van der Waals surface area contributed by atoms with E-state index in [1.165, 1.54) is 6.21 Å². The van der Waals surface area contributed by atoms with E-state index in [0.29, 0.717) is 40.1 Å². The van der Waals surface area contributed by atoms with E-state index in [0.717, 1.165) is 5.56 Å². The van der Waals surface area contributed by atoms with Crippen LogP contribution in [0.3, 0.4) is 0 Å². The monoisotopic (exact) mass is 508 g/mol. The van der Waals surface area contributed by atoms with Crippen molar-refractivity contribution < 1.29 is 23.9 Å². The molecule has 3 rings (SSSR count). The number of anilines is 2. The van der Waals surface area contributed by atoms with Crippen LogP contribution in [0.25, 0.3) is 0 Å². The fraction of sp³-hybridized carbons (Fsp3) is 0.154. The minimum absolute atomic E-state index is 0.184. The highest BCUT2D eigenvalue weighted by molar-refractivity contribution is 6.39. The van der Waals surface area contributed by atoms with Crippen LogP contribution < -0.4 is 25.5 Å². The molecule has 0 aliphatic carbocycles. The number of hydrazone groups is 1. The number of nitrogens with one attached hydrogen (secondary N) is 3. The summed E-state index contributed by atoms with van der Waals surface area (Å²) in [5, 5.41) is 9.57. The van der Waals surface area contributed by atoms with Crippen molar-refractivity contribution in [3.63, 3.8) is 0 Å². The van der Waals surface area contributed by atoms with Gasteiger partial charge in [0.1, 0.15) is 11.5 Å². The zero-order chi connectivity index (χ0) is 25.9. The molecule has 36 heavy (non-hydrogen) atoms. The number of nitrogens with zero attached hydrogens (tertiary/aromatic N) is 1. The van der Waals surface area contributed by atoms with E-state index in [-0.39, 0.29) is 12.5 Å². The van der Waals surface area contributed by atoms with Crippen molar-refractivity contribution in [1.82, 2.24) is 5.43 Å². The zero-order valence-electron chi connectivity index (χ0n) is 19.7. The van der Waals surface area contributed by atoms with Crippen LogP contribution in [-0.4, -0.2) is 37.1 Å². The maximum Gasteiger partial charge on any atom is 0.329 e. The standard InChI is InChI=1S/C26H25ClN4O5/c1-3-35-23-7-5-4-6-21(23)30-25(33)26(34)31-28-15-18-9-12-20(13-10-18)36-16-24(32)29-22-14-19(27)11-8-17(22)2/h4-15H,3,16H2,1-2H3,(H,29,32)(H,30,33)(H,31,34)/b28-15-. The van der Waals surface area contributed by atoms with Crippen LogP contribution in [0, 0.1) is 6.92 Å². The summed E-state index contributed by atoms with van der Waals surface area (Å²) in [6.45, 7) is 3.92. The van der Waals surface area contributed by atoms with Gasteiger partial charge in [-0.15, -0.1) is 0 Å². The number of ether oxygens (including phenoxy) is 2. The number of benzene rings is 3. The first-order valence-corrected chi connectivity index (χ1v) is 11.4. The normalized spacial score (nSPS) is 10.5. The predicted octanol–water partition coefficient (Wildman–Crippen LogP) is 4.15. The fourth-order valence-electron chi connectivity index (χ4n) is 2.96. The van der Waals surface area contributed by atoms with E-state index < -0.39 is 11.8 Å². The quantitative estimate of drug-likeness (QED) is 0.228. The summed E-state index contributed by atoms with van der Waals surface area (Å²) in [5.74, 6) is -1.20. The lowest BCUT2D eigenvalue weighted by atomic mass is 10.2. The molecule has 0 spiro atoms. The largest absolute Gasteiger partial charge is 0.492 e. The van der Waals surface area contributed by atoms with Gasteiger partial charge in [0, 0.05) is 10.7 Å². The summed E-state index contributed by atoms with van der Waals surface area (Å²) in [7, 11) is 0. The summed E-state index contributed by atoms with van der Waals surface area (Å²) < 4.78 is 10.9. The molecule has 0 fully saturated rings. The molecule has 3 aromatic carbocycles. The number of carbonyl (C=O) groups excluding carboxylic acids is 3. The van der Waals surface area contributed by atoms with Crippen LogP contribution in [-0.2, 0) is 14.4 Å². The summed E-state index contributed by atoms with van der Waals surface area (Å²) in [4.78, 5) is 36.3. The molecule has 3 aromatic rings. The van der Waals surface area contributed by atoms with Gasteiger partial charge in [0.05, 0.1) is 18.5 Å². The van der Waals surface area contributed by atoms with Gasteiger partial charge >= 0.3 is 11.8 Å². The Morgan fingerprint density at radius 2 is 1.67 bits per heavy atom. The molecule has 0 aliphatic rings. The third-order valence-corrected chi connectivity index (χ3v) is 4.98. The van der Waals surface area contributed by atoms with Gasteiger partial charge in [-0.25, -0.2) is 5.43 Å². The van der Waals surface area contributed by atoms with Crippen LogP contribution in [0.4, 0.5) is 11.4 Å². The summed E-state index contributed by atoms with van der Waals surface area (Å²) in [6.07, 6.45) is 1.37. The van der Waals surface area contributed by atoms with E-state index >= 15 is 0 Å². The second-order valence-electron chi connectivity index (χ2n) is 7.45. The molecular weight excluding hydrogens is 484 g/mol. The number of carbonyl (C=O) groups is 3. The summed E-state index contributed by atoms with van der Waals surface area (Å²) in [5.41, 5.74) is 4.71. The van der Waals surface area contributed by atoms with Gasteiger partial charge in [0.15, 0.2) is 6.61 Å². The first-order chi connectivity index (χ1) is 17.4. The summed E-state index contributed by atoms with van der Waals surface area (Å²) >= 11 is 5.97. The first kappa shape index (κ1) is 26.2. The van der Waals surface area contributed by atoms with Crippen LogP contribution >= 0.6 is 11.6 Å². The van der Waals surface area contributed by atoms with Crippen molar-refractivity contribution >= 4 is 46.9 Å². The molecule has 9 nitrogen and oxygen atoms in total. The van der Waals surface area contributed by atoms with E-state index in [4.69, 9.17) is 21.1 Å². The van der Waals surface area contributed by atoms with Crippen molar-refractivity contribution in [2.75, 3.05) is 23.8 Å². The Balaban J connectivity index is 1.46. The Labute approximate surface area is 213 Å². The van der Waals surface area contributed by atoms with Crippen LogP contribution in [0.5, 0.6) is 11.5 Å². The topological polar surface area (TPSA) is 118 Å². The van der Waals surface area contributed by atoms with Crippen molar-refractivity contribution in [3.8, 4) is 11.5 Å². The molecule has 0 saturated heterocycles. The average molecular weight is 509 g/mol. The average Bonchev–Trinajstić information content (AvgIpc) is 2.87. The van der Waals surface area contributed by atoms with Gasteiger partial charge in [-0.2, -0.15) is 5.10 Å². The number of halogens is 1. The highest BCUT2D eigenvalue weighted by Crippen LogP contribution is 2.23. The third kappa shape index (κ3) is 7.85. The lowest BCUT2D eigenvalue weighted by Crippen LogP contribution is -2.32. The molecule has 0 aliphatic heterocycles. The molecule has 0 aromatic heterocycles. The molecule has 0 heterocycles. The Bertz CT molecular complexity index is 1260. The molecule has 10 heteroatoms. The lowest BCUT2D eigenvalue weighted by Gasteiger charge is -2.10. The fourth-order valence-corrected chi connectivity index (χ4v) is 3.13. The molecule has 0 bridgehead atoms. The van der Waals surface area contributed by atoms with E-state index in [9.17, 15) is 14.4 Å². The lowest BCUT2D eigenvalue weighted by molar-refractivity contribution is -0.136. The number of para-hydroxylation sites is 2. The SMILES string of the molecule is CCOc1ccccc1NC(=O)C(=O)N/N=C\c1ccc(OCC(=O)Nc2cc(Cl)ccc2C)cc1. The van der Waals surface area contributed by atoms with Crippen LogP contribution in [0.15, 0.2) is 71.8 Å². The molecule has 0 atom stereocenters. The molecular formula is C26H25ClN4O5. The van der Waals surface area contributed by atoms with Crippen LogP contribution in [0.1, 0.15) is 18.1 Å². The Morgan fingerprint density at radius 1 is 0.917 bits per heavy atom. The van der Waals surface area contributed by atoms with E-state index in [2.05, 4.69) is 21.2 Å². The predicted molar refractivity (Wildman–Crippen MR) is 139 cm³/mol. The minimum atomic E-state index is -0.932. The minimum Gasteiger partial charge on any atom is -0.492 e. The van der Waals surface area contributed by atoms with Crippen molar-refractivity contribution in [1.29, 1.82) is 0 Å². The molecule has 3 N–H and O–H groups in total. The van der Waals surface area contributed by atoms with Gasteiger partial charge in [-0.1, -0.05) is 29.8 Å². The number of hydrogen-bond acceptors (Lipinski definition) is 6. The highest BCUT2D eigenvalue weighted by atomic mass is 35.5. The highest BCUT2D eigenvalue weighted by Gasteiger charge is 2.15. The third-order valence-electron chi connectivity index (χ3n) is 4.74. The number of hydrogen-bond donors (Lipinski definition) is 3. The molecule has 186 valence electrons. The second kappa shape index (κ2) is 12.9. The zero-order valence-corrected chi connectivity index (χ0v) is 20.5. The molecule has 0 radical (unpaired) electrons. The van der Waals surface area contributed by atoms with Gasteiger partial charge in [-0.05, 0) is 73.5 Å². The maximum atomic E-state index is 12.2. The first-order valence-electron chi connectivity index (χ1n) is 11.0. The van der Waals surface area contributed by atoms with Gasteiger partial charge in [0.25, 0.3) is 5.91 Å².